The predicted molar refractivity (Wildman–Crippen MR) is 160 cm³/mol. The van der Waals surface area contributed by atoms with E-state index in [1.165, 1.54) is 11.1 Å². The van der Waals surface area contributed by atoms with Crippen LogP contribution in [0.1, 0.15) is 101 Å². The van der Waals surface area contributed by atoms with Crippen molar-refractivity contribution in [1.82, 2.24) is 15.1 Å². The Kier molecular flexibility index (Phi) is 9.21. The van der Waals surface area contributed by atoms with Gasteiger partial charge in [0.25, 0.3) is 5.89 Å². The van der Waals surface area contributed by atoms with Crippen LogP contribution in [-0.2, 0) is 10.2 Å². The molecule has 7 nitrogen and oxygen atoms in total. The smallest absolute Gasteiger partial charge is 0.496 e. The summed E-state index contributed by atoms with van der Waals surface area (Å²) >= 11 is 0. The van der Waals surface area contributed by atoms with E-state index in [9.17, 15) is 4.79 Å². The topological polar surface area (TPSA) is 81.4 Å². The molecule has 7 rings (SSSR count). The number of aryl methyl sites for hydroxylation is 1. The number of pyridine rings is 1. The molecule has 0 aliphatic heterocycles. The number of anilines is 1. The maximum atomic E-state index is 14.2. The molecule has 3 aromatic rings. The summed E-state index contributed by atoms with van der Waals surface area (Å²) in [5, 5.41) is 4.15. The van der Waals surface area contributed by atoms with Gasteiger partial charge >= 0.3 is 18.9 Å². The van der Waals surface area contributed by atoms with Crippen LogP contribution in [0.5, 0.6) is 5.75 Å². The number of amides is 1. The van der Waals surface area contributed by atoms with Gasteiger partial charge in [-0.3, -0.25) is 9.69 Å². The van der Waals surface area contributed by atoms with Crippen molar-refractivity contribution >= 4 is 11.7 Å². The van der Waals surface area contributed by atoms with Gasteiger partial charge in [0, 0.05) is 30.1 Å². The van der Waals surface area contributed by atoms with Gasteiger partial charge in [-0.1, -0.05) is 44.0 Å². The van der Waals surface area contributed by atoms with Gasteiger partial charge < -0.3 is 15.7 Å². The van der Waals surface area contributed by atoms with E-state index in [4.69, 9.17) is 14.2 Å². The Labute approximate surface area is 262 Å². The number of nitrogens with zero attached hydrogens (tertiary/aromatic N) is 4. The van der Waals surface area contributed by atoms with E-state index in [0.29, 0.717) is 17.5 Å². The molecule has 4 aliphatic carbocycles. The second-order valence-electron chi connectivity index (χ2n) is 13.0. The van der Waals surface area contributed by atoms with Gasteiger partial charge in [0.2, 0.25) is 5.91 Å². The maximum absolute atomic E-state index is 14.2. The van der Waals surface area contributed by atoms with Gasteiger partial charge in [-0.2, -0.15) is 17.8 Å². The van der Waals surface area contributed by atoms with E-state index in [-0.39, 0.29) is 47.4 Å². The second kappa shape index (κ2) is 12.5. The number of hydrogen-bond acceptors (Lipinski definition) is 6. The normalized spacial score (nSPS) is 23.9. The van der Waals surface area contributed by atoms with Gasteiger partial charge in [0.15, 0.2) is 5.82 Å². The summed E-state index contributed by atoms with van der Waals surface area (Å²) in [6.45, 7) is 6.96. The number of benzene rings is 1. The number of fused-ring (bicyclic) bond motifs is 3. The van der Waals surface area contributed by atoms with Crippen molar-refractivity contribution in [3.63, 3.8) is 0 Å². The molecule has 1 amide bonds. The minimum absolute atomic E-state index is 0. The van der Waals surface area contributed by atoms with Crippen LogP contribution in [0.4, 0.5) is 5.82 Å². The fourth-order valence-corrected chi connectivity index (χ4v) is 7.43. The van der Waals surface area contributed by atoms with Crippen LogP contribution in [0, 0.1) is 24.7 Å². The molecule has 0 atom stereocenters. The molecule has 4 aliphatic rings. The summed E-state index contributed by atoms with van der Waals surface area (Å²) in [5.74, 6) is 3.27. The Morgan fingerprint density at radius 1 is 1.10 bits per heavy atom. The number of ether oxygens (including phenoxy) is 1. The predicted octanol–water partition coefficient (Wildman–Crippen LogP) is 4.60. The fourth-order valence-electron chi connectivity index (χ4n) is 7.43. The van der Waals surface area contributed by atoms with Crippen molar-refractivity contribution in [2.24, 2.45) is 11.3 Å². The van der Waals surface area contributed by atoms with Gasteiger partial charge in [0.05, 0.1) is 7.11 Å². The number of carbonyl (C=O) groups excluding carboxylic acids is 1. The average Bonchev–Trinajstić information content (AvgIpc) is 3.52. The van der Waals surface area contributed by atoms with Gasteiger partial charge in [-0.15, -0.1) is 0 Å². The van der Waals surface area contributed by atoms with E-state index in [1.807, 2.05) is 30.9 Å². The van der Waals surface area contributed by atoms with E-state index in [2.05, 4.69) is 41.7 Å². The zero-order valence-electron chi connectivity index (χ0n) is 26.0. The van der Waals surface area contributed by atoms with Crippen LogP contribution in [0.25, 0.3) is 11.5 Å². The molecule has 2 aromatic heterocycles. The van der Waals surface area contributed by atoms with Crippen LogP contribution in [0.3, 0.4) is 0 Å². The monoisotopic (exact) mass is 562 g/mol. The van der Waals surface area contributed by atoms with Gasteiger partial charge in [0.1, 0.15) is 11.6 Å². The third-order valence-corrected chi connectivity index (χ3v) is 10.2. The number of methoxy groups -OCH3 is 1. The standard InChI is InChI=1S/C34H43N4O3.Li/c1-23(2)30-36-31(41-37-30)26-12-19-35-29(21-26)38(32(39)25-8-6-5-7-9-25)22-33-13-16-34(17-14-33,18-15-33)27-10-11-28(40-4)24(3)20-27;/h5,10-12,19-21,23,25H,6-9,13-18,22H2,1-4H3;/q-1;+1. The van der Waals surface area contributed by atoms with Crippen molar-refractivity contribution in [3.8, 4) is 17.2 Å². The quantitative estimate of drug-likeness (QED) is 0.295. The number of aromatic nitrogens is 3. The first-order chi connectivity index (χ1) is 19.8. The minimum Gasteiger partial charge on any atom is -0.496 e. The van der Waals surface area contributed by atoms with Crippen molar-refractivity contribution < 1.29 is 32.9 Å². The molecule has 42 heavy (non-hydrogen) atoms. The molecule has 1 aromatic carbocycles. The van der Waals surface area contributed by atoms with E-state index >= 15 is 0 Å². The maximum Gasteiger partial charge on any atom is 1.00 e. The molecule has 2 bridgehead atoms. The largest absolute Gasteiger partial charge is 1.00 e. The number of hydrogen-bond donors (Lipinski definition) is 0. The van der Waals surface area contributed by atoms with Crippen LogP contribution in [-0.4, -0.2) is 34.7 Å². The molecule has 0 N–H and O–H groups in total. The van der Waals surface area contributed by atoms with Crippen molar-refractivity contribution in [3.05, 3.63) is 59.9 Å². The Hall–Kier alpha value is -2.62. The molecule has 2 heterocycles. The summed E-state index contributed by atoms with van der Waals surface area (Å²) in [7, 11) is 1.74. The fraction of sp³-hybridized carbons (Fsp3) is 0.559. The molecular weight excluding hydrogens is 519 g/mol. The third-order valence-electron chi connectivity index (χ3n) is 10.2. The summed E-state index contributed by atoms with van der Waals surface area (Å²) in [5.41, 5.74) is 3.81. The van der Waals surface area contributed by atoms with E-state index < -0.39 is 0 Å². The third kappa shape index (κ3) is 5.92. The second-order valence-corrected chi connectivity index (χ2v) is 13.0. The molecular formula is C34H43LiN4O3. The van der Waals surface area contributed by atoms with E-state index in [0.717, 1.165) is 82.1 Å². The molecule has 0 spiro atoms. The first kappa shape index (κ1) is 30.8. The SMILES string of the molecule is COc1ccc(C23CCC(CN(C(=O)C4CC[CH-]CC4)c4cc(-c5nc(C(C)C)no5)ccn4)(CC2)CC3)cc1C.[Li+]. The van der Waals surface area contributed by atoms with Crippen LogP contribution >= 0.6 is 0 Å². The van der Waals surface area contributed by atoms with Gasteiger partial charge in [-0.05, 0) is 85.6 Å². The summed E-state index contributed by atoms with van der Waals surface area (Å²) < 4.78 is 11.1. The van der Waals surface area contributed by atoms with Crippen molar-refractivity contribution in [2.45, 2.75) is 96.3 Å². The first-order valence-corrected chi connectivity index (χ1v) is 15.4. The Bertz CT molecular complexity index is 1370. The Balaban J connectivity index is 0.00000353. The average molecular weight is 563 g/mol. The first-order valence-electron chi connectivity index (χ1n) is 15.4. The minimum atomic E-state index is 0. The van der Waals surface area contributed by atoms with E-state index in [1.54, 1.807) is 13.3 Å². The zero-order chi connectivity index (χ0) is 28.6. The molecule has 4 fully saturated rings. The summed E-state index contributed by atoms with van der Waals surface area (Å²) in [4.78, 5) is 25.5. The molecule has 0 unspecified atom stereocenters. The Morgan fingerprint density at radius 2 is 1.81 bits per heavy atom. The van der Waals surface area contributed by atoms with Gasteiger partial charge in [-0.25, -0.2) is 4.98 Å². The summed E-state index contributed by atoms with van der Waals surface area (Å²) in [6.07, 6.45) is 14.8. The van der Waals surface area contributed by atoms with Crippen molar-refractivity contribution in [2.75, 3.05) is 18.6 Å². The molecule has 0 saturated heterocycles. The number of carbonyl (C=O) groups is 1. The Morgan fingerprint density at radius 3 is 2.43 bits per heavy atom. The van der Waals surface area contributed by atoms with Crippen LogP contribution < -0.4 is 28.5 Å². The molecule has 0 radical (unpaired) electrons. The molecule has 8 heteroatoms. The molecule has 4 saturated carbocycles. The summed E-state index contributed by atoms with van der Waals surface area (Å²) in [6, 6.07) is 10.6. The zero-order valence-corrected chi connectivity index (χ0v) is 26.0. The number of rotatable bonds is 8. The van der Waals surface area contributed by atoms with Crippen molar-refractivity contribution in [1.29, 1.82) is 0 Å². The van der Waals surface area contributed by atoms with Crippen LogP contribution in [0.15, 0.2) is 41.1 Å². The molecule has 218 valence electrons. The van der Waals surface area contributed by atoms with Crippen LogP contribution in [0.2, 0.25) is 0 Å².